The van der Waals surface area contributed by atoms with Gasteiger partial charge in [0.05, 0.1) is 4.90 Å². The van der Waals surface area contributed by atoms with Crippen molar-refractivity contribution in [3.05, 3.63) is 29.8 Å². The largest absolute Gasteiger partial charge is 1.00 e. The molecule has 0 saturated carbocycles. The molecule has 1 atom stereocenters. The van der Waals surface area contributed by atoms with Crippen molar-refractivity contribution in [1.82, 2.24) is 0 Å². The average molecular weight is 489 g/mol. The van der Waals surface area contributed by atoms with Crippen LogP contribution in [0.3, 0.4) is 0 Å². The molecule has 5 heteroatoms. The number of hydrogen-bond acceptors (Lipinski definition) is 3. The molecule has 0 N–H and O–H groups in total. The van der Waals surface area contributed by atoms with E-state index in [0.29, 0.717) is 5.92 Å². The van der Waals surface area contributed by atoms with Gasteiger partial charge in [-0.05, 0) is 36.5 Å². The van der Waals surface area contributed by atoms with Crippen LogP contribution in [-0.2, 0) is 10.1 Å². The van der Waals surface area contributed by atoms with E-state index >= 15 is 0 Å². The molecule has 0 bridgehead atoms. The minimum atomic E-state index is -4.37. The second kappa shape index (κ2) is 21.4. The van der Waals surface area contributed by atoms with Crippen molar-refractivity contribution in [2.45, 2.75) is 147 Å². The quantitative estimate of drug-likeness (QED) is 0.119. The van der Waals surface area contributed by atoms with E-state index < -0.39 is 10.1 Å². The van der Waals surface area contributed by atoms with Gasteiger partial charge >= 0.3 is 29.6 Å². The van der Waals surface area contributed by atoms with Crippen LogP contribution in [0.1, 0.15) is 147 Å². The molecule has 1 unspecified atom stereocenters. The van der Waals surface area contributed by atoms with Crippen LogP contribution in [0.15, 0.2) is 29.2 Å². The molecular formula is C28H49NaO3S. The molecule has 1 rings (SSSR count). The summed E-state index contributed by atoms with van der Waals surface area (Å²) in [5, 5.41) is 0. The zero-order valence-corrected chi connectivity index (χ0v) is 24.8. The number of unbranched alkanes of at least 4 members (excludes halogenated alkanes) is 15. The molecule has 0 saturated heterocycles. The summed E-state index contributed by atoms with van der Waals surface area (Å²) in [6, 6.07) is 6.73. The minimum Gasteiger partial charge on any atom is -0.744 e. The topological polar surface area (TPSA) is 57.2 Å². The van der Waals surface area contributed by atoms with E-state index in [1.54, 1.807) is 0 Å². The van der Waals surface area contributed by atoms with Gasteiger partial charge in [0, 0.05) is 0 Å². The molecule has 0 amide bonds. The Kier molecular flexibility index (Phi) is 21.5. The Morgan fingerprint density at radius 3 is 1.27 bits per heavy atom. The van der Waals surface area contributed by atoms with Gasteiger partial charge in [0.2, 0.25) is 0 Å². The van der Waals surface area contributed by atoms with Crippen LogP contribution in [0.2, 0.25) is 0 Å². The SMILES string of the molecule is CCCCCCCCCCCC(CCCCCCCCCC)c1ccc(S(=O)(=O)[O-])cc1.[Na+]. The molecule has 0 spiro atoms. The predicted octanol–water partition coefficient (Wildman–Crippen LogP) is 6.13. The minimum absolute atomic E-state index is 0. The zero-order valence-electron chi connectivity index (χ0n) is 22.0. The monoisotopic (exact) mass is 488 g/mol. The average Bonchev–Trinajstić information content (AvgIpc) is 2.78. The van der Waals surface area contributed by atoms with E-state index in [1.807, 2.05) is 12.1 Å². The number of benzene rings is 1. The van der Waals surface area contributed by atoms with E-state index in [4.69, 9.17) is 0 Å². The Morgan fingerprint density at radius 2 is 0.939 bits per heavy atom. The second-order valence-electron chi connectivity index (χ2n) is 9.60. The Labute approximate surface area is 228 Å². The first-order chi connectivity index (χ1) is 15.5. The molecule has 0 radical (unpaired) electrons. The molecule has 33 heavy (non-hydrogen) atoms. The van der Waals surface area contributed by atoms with Crippen LogP contribution in [-0.4, -0.2) is 13.0 Å². The molecule has 186 valence electrons. The third kappa shape index (κ3) is 17.2. The molecule has 0 aliphatic heterocycles. The van der Waals surface area contributed by atoms with Crippen molar-refractivity contribution in [3.8, 4) is 0 Å². The van der Waals surface area contributed by atoms with Gasteiger partial charge in [-0.15, -0.1) is 0 Å². The smallest absolute Gasteiger partial charge is 0.744 e. The summed E-state index contributed by atoms with van der Waals surface area (Å²) in [5.41, 5.74) is 1.19. The Bertz CT molecular complexity index is 658. The molecule has 1 aromatic carbocycles. The molecular weight excluding hydrogens is 439 g/mol. The fraction of sp³-hybridized carbons (Fsp3) is 0.786. The fourth-order valence-electron chi connectivity index (χ4n) is 4.61. The number of rotatable bonds is 21. The van der Waals surface area contributed by atoms with E-state index in [9.17, 15) is 13.0 Å². The Hall–Kier alpha value is 0.130. The summed E-state index contributed by atoms with van der Waals surface area (Å²) in [4.78, 5) is -0.116. The van der Waals surface area contributed by atoms with Gasteiger partial charge in [0.1, 0.15) is 10.1 Å². The standard InChI is InChI=1S/C28H50O3S.Na/c1-3-5-7-9-11-13-15-17-19-21-26(20-18-16-14-12-10-8-6-4-2)27-22-24-28(25-23-27)32(29,30)31;/h22-26H,3-21H2,1-2H3,(H,29,30,31);/q;+1/p-1. The van der Waals surface area contributed by atoms with E-state index in [1.165, 1.54) is 127 Å². The van der Waals surface area contributed by atoms with E-state index in [2.05, 4.69) is 13.8 Å². The second-order valence-corrected chi connectivity index (χ2v) is 11.0. The molecule has 0 aromatic heterocycles. The first-order valence-corrected chi connectivity index (χ1v) is 15.0. The summed E-state index contributed by atoms with van der Waals surface area (Å²) in [6.07, 6.45) is 24.9. The number of hydrogen-bond donors (Lipinski definition) is 0. The third-order valence-electron chi connectivity index (χ3n) is 6.70. The summed E-state index contributed by atoms with van der Waals surface area (Å²) >= 11 is 0. The first-order valence-electron chi connectivity index (χ1n) is 13.5. The Morgan fingerprint density at radius 1 is 0.606 bits per heavy atom. The molecule has 0 fully saturated rings. The van der Waals surface area contributed by atoms with Crippen LogP contribution in [0, 0.1) is 0 Å². The van der Waals surface area contributed by atoms with Gasteiger partial charge in [-0.25, -0.2) is 8.42 Å². The summed E-state index contributed by atoms with van der Waals surface area (Å²) < 4.78 is 33.8. The summed E-state index contributed by atoms with van der Waals surface area (Å²) in [7, 11) is -4.37. The maximum atomic E-state index is 11.3. The van der Waals surface area contributed by atoms with Gasteiger partial charge in [0.25, 0.3) is 0 Å². The van der Waals surface area contributed by atoms with Gasteiger partial charge in [-0.2, -0.15) is 0 Å². The molecule has 0 heterocycles. The maximum absolute atomic E-state index is 11.3. The fourth-order valence-corrected chi connectivity index (χ4v) is 5.08. The van der Waals surface area contributed by atoms with Crippen molar-refractivity contribution in [2.24, 2.45) is 0 Å². The molecule has 0 aliphatic rings. The van der Waals surface area contributed by atoms with Crippen molar-refractivity contribution in [2.75, 3.05) is 0 Å². The molecule has 0 aliphatic carbocycles. The van der Waals surface area contributed by atoms with Gasteiger partial charge < -0.3 is 4.55 Å². The molecule has 3 nitrogen and oxygen atoms in total. The van der Waals surface area contributed by atoms with Gasteiger partial charge in [0.15, 0.2) is 0 Å². The van der Waals surface area contributed by atoms with Crippen LogP contribution >= 0.6 is 0 Å². The first kappa shape index (κ1) is 33.1. The van der Waals surface area contributed by atoms with Gasteiger partial charge in [-0.1, -0.05) is 135 Å². The molecule has 1 aromatic rings. The third-order valence-corrected chi connectivity index (χ3v) is 7.55. The van der Waals surface area contributed by atoms with E-state index in [-0.39, 0.29) is 34.5 Å². The zero-order chi connectivity index (χ0) is 23.5. The summed E-state index contributed by atoms with van der Waals surface area (Å²) in [5.74, 6) is 0.475. The summed E-state index contributed by atoms with van der Waals surface area (Å²) in [6.45, 7) is 4.52. The van der Waals surface area contributed by atoms with Crippen LogP contribution in [0.25, 0.3) is 0 Å². The van der Waals surface area contributed by atoms with Crippen LogP contribution in [0.5, 0.6) is 0 Å². The van der Waals surface area contributed by atoms with Crippen LogP contribution in [0.4, 0.5) is 0 Å². The maximum Gasteiger partial charge on any atom is 1.00 e. The van der Waals surface area contributed by atoms with Crippen molar-refractivity contribution in [1.29, 1.82) is 0 Å². The van der Waals surface area contributed by atoms with E-state index in [0.717, 1.165) is 12.8 Å². The predicted molar refractivity (Wildman–Crippen MR) is 136 cm³/mol. The van der Waals surface area contributed by atoms with Crippen LogP contribution < -0.4 is 29.6 Å². The van der Waals surface area contributed by atoms with Gasteiger partial charge in [-0.3, -0.25) is 0 Å². The van der Waals surface area contributed by atoms with Crippen molar-refractivity contribution < 1.29 is 42.5 Å². The Balaban J connectivity index is 0.0000102. The normalized spacial score (nSPS) is 12.5. The van der Waals surface area contributed by atoms with Crippen molar-refractivity contribution >= 4 is 10.1 Å². The van der Waals surface area contributed by atoms with Crippen molar-refractivity contribution in [3.63, 3.8) is 0 Å².